The summed E-state index contributed by atoms with van der Waals surface area (Å²) in [7, 11) is 3.10. The van der Waals surface area contributed by atoms with Gasteiger partial charge in [0, 0.05) is 10.9 Å². The Balaban J connectivity index is 1.51. The number of nitrogens with one attached hydrogen (secondary N) is 1. The number of ether oxygens (including phenoxy) is 2. The van der Waals surface area contributed by atoms with Crippen molar-refractivity contribution in [1.29, 1.82) is 0 Å². The van der Waals surface area contributed by atoms with Crippen LogP contribution in [0.15, 0.2) is 64.1 Å². The van der Waals surface area contributed by atoms with E-state index in [2.05, 4.69) is 15.5 Å². The van der Waals surface area contributed by atoms with Gasteiger partial charge >= 0.3 is 0 Å². The number of hydrogen-bond donors (Lipinski definition) is 1. The van der Waals surface area contributed by atoms with Crippen molar-refractivity contribution in [3.8, 4) is 22.6 Å². The van der Waals surface area contributed by atoms with Crippen molar-refractivity contribution in [1.82, 2.24) is 15.0 Å². The standard InChI is InChI=1S/C24H22N4O4S/c1-15-4-7-17(8-5-15)18-13-33-23-22(18)24(30)28(14-25-23)12-21(29)27-26-11-16-6-9-19(31-2)20(10-16)32-3/h4-11,13-14H,12H2,1-3H3,(H,27,29)/b26-11+. The summed E-state index contributed by atoms with van der Waals surface area (Å²) in [5, 5.41) is 6.39. The fraction of sp³-hybridized carbons (Fsp3) is 0.167. The number of fused-ring (bicyclic) bond motifs is 1. The monoisotopic (exact) mass is 462 g/mol. The molecule has 9 heteroatoms. The molecule has 0 spiro atoms. The first-order valence-electron chi connectivity index (χ1n) is 10.1. The summed E-state index contributed by atoms with van der Waals surface area (Å²) in [4.78, 5) is 30.5. The maximum absolute atomic E-state index is 13.1. The second-order valence-electron chi connectivity index (χ2n) is 7.28. The molecule has 4 aromatic rings. The smallest absolute Gasteiger partial charge is 0.263 e. The van der Waals surface area contributed by atoms with Crippen LogP contribution >= 0.6 is 11.3 Å². The van der Waals surface area contributed by atoms with Gasteiger partial charge in [0.25, 0.3) is 11.5 Å². The molecule has 1 N–H and O–H groups in total. The zero-order valence-corrected chi connectivity index (χ0v) is 19.2. The molecule has 2 heterocycles. The van der Waals surface area contributed by atoms with E-state index in [1.807, 2.05) is 36.6 Å². The maximum Gasteiger partial charge on any atom is 0.263 e. The van der Waals surface area contributed by atoms with Gasteiger partial charge in [-0.05, 0) is 36.2 Å². The van der Waals surface area contributed by atoms with Crippen LogP contribution in [0.3, 0.4) is 0 Å². The maximum atomic E-state index is 13.1. The van der Waals surface area contributed by atoms with Crippen LogP contribution in [-0.2, 0) is 11.3 Å². The summed E-state index contributed by atoms with van der Waals surface area (Å²) in [6.07, 6.45) is 2.87. The first-order chi connectivity index (χ1) is 16.0. The van der Waals surface area contributed by atoms with Crippen molar-refractivity contribution >= 4 is 33.7 Å². The van der Waals surface area contributed by atoms with E-state index in [4.69, 9.17) is 9.47 Å². The van der Waals surface area contributed by atoms with Crippen molar-refractivity contribution < 1.29 is 14.3 Å². The highest BCUT2D eigenvalue weighted by molar-refractivity contribution is 7.17. The van der Waals surface area contributed by atoms with Crippen molar-refractivity contribution in [3.05, 3.63) is 75.7 Å². The topological polar surface area (TPSA) is 94.8 Å². The summed E-state index contributed by atoms with van der Waals surface area (Å²) in [5.41, 5.74) is 5.78. The lowest BCUT2D eigenvalue weighted by atomic mass is 10.1. The number of aryl methyl sites for hydroxylation is 1. The van der Waals surface area contributed by atoms with Crippen LogP contribution in [0.5, 0.6) is 11.5 Å². The third-order valence-electron chi connectivity index (χ3n) is 5.05. The molecular weight excluding hydrogens is 440 g/mol. The molecule has 0 aliphatic heterocycles. The minimum Gasteiger partial charge on any atom is -0.493 e. The Morgan fingerprint density at radius 3 is 2.64 bits per heavy atom. The van der Waals surface area contributed by atoms with Crippen LogP contribution in [0, 0.1) is 6.92 Å². The third-order valence-corrected chi connectivity index (χ3v) is 5.93. The summed E-state index contributed by atoms with van der Waals surface area (Å²) in [6.45, 7) is 1.81. The number of aromatic nitrogens is 2. The predicted molar refractivity (Wildman–Crippen MR) is 129 cm³/mol. The van der Waals surface area contributed by atoms with Gasteiger partial charge in [-0.2, -0.15) is 5.10 Å². The number of rotatable bonds is 7. The van der Waals surface area contributed by atoms with Gasteiger partial charge in [-0.3, -0.25) is 14.2 Å². The summed E-state index contributed by atoms with van der Waals surface area (Å²) in [5.74, 6) is 0.709. The van der Waals surface area contributed by atoms with E-state index < -0.39 is 5.91 Å². The summed E-state index contributed by atoms with van der Waals surface area (Å²) >= 11 is 1.40. The van der Waals surface area contributed by atoms with E-state index in [-0.39, 0.29) is 12.1 Å². The number of thiophene rings is 1. The first kappa shape index (κ1) is 22.2. The predicted octanol–water partition coefficient (Wildman–Crippen LogP) is 3.60. The second-order valence-corrected chi connectivity index (χ2v) is 8.14. The van der Waals surface area contributed by atoms with E-state index in [1.54, 1.807) is 32.4 Å². The number of nitrogens with zero attached hydrogens (tertiary/aromatic N) is 3. The molecule has 1 amide bonds. The Morgan fingerprint density at radius 2 is 1.91 bits per heavy atom. The van der Waals surface area contributed by atoms with Gasteiger partial charge in [0.15, 0.2) is 11.5 Å². The molecule has 0 radical (unpaired) electrons. The van der Waals surface area contributed by atoms with Gasteiger partial charge < -0.3 is 9.47 Å². The van der Waals surface area contributed by atoms with Crippen molar-refractivity contribution in [2.24, 2.45) is 5.10 Å². The lowest BCUT2D eigenvalue weighted by Crippen LogP contribution is -2.30. The van der Waals surface area contributed by atoms with Crippen LogP contribution in [-0.4, -0.2) is 35.9 Å². The average Bonchev–Trinajstić information content (AvgIpc) is 3.26. The van der Waals surface area contributed by atoms with Gasteiger partial charge in [-0.1, -0.05) is 29.8 Å². The largest absolute Gasteiger partial charge is 0.493 e. The van der Waals surface area contributed by atoms with Crippen LogP contribution in [0.1, 0.15) is 11.1 Å². The Kier molecular flexibility index (Phi) is 6.50. The molecule has 0 atom stereocenters. The number of amides is 1. The highest BCUT2D eigenvalue weighted by atomic mass is 32.1. The SMILES string of the molecule is COc1ccc(/C=N/NC(=O)Cn2cnc3scc(-c4ccc(C)cc4)c3c2=O)cc1OC. The molecule has 0 bridgehead atoms. The van der Waals surface area contributed by atoms with E-state index >= 15 is 0 Å². The first-order valence-corrected chi connectivity index (χ1v) is 11.0. The molecule has 0 aliphatic rings. The number of methoxy groups -OCH3 is 2. The lowest BCUT2D eigenvalue weighted by Gasteiger charge is -2.07. The Hall–Kier alpha value is -3.98. The highest BCUT2D eigenvalue weighted by Crippen LogP contribution is 2.30. The zero-order chi connectivity index (χ0) is 23.4. The number of benzene rings is 2. The Bertz CT molecular complexity index is 1390. The number of hydrogen-bond acceptors (Lipinski definition) is 7. The van der Waals surface area contributed by atoms with Crippen LogP contribution in [0.2, 0.25) is 0 Å². The summed E-state index contributed by atoms with van der Waals surface area (Å²) in [6, 6.07) is 13.2. The van der Waals surface area contributed by atoms with E-state index in [9.17, 15) is 9.59 Å². The van der Waals surface area contributed by atoms with E-state index in [0.717, 1.165) is 16.7 Å². The average molecular weight is 463 g/mol. The highest BCUT2D eigenvalue weighted by Gasteiger charge is 2.14. The van der Waals surface area contributed by atoms with E-state index in [1.165, 1.54) is 28.4 Å². The lowest BCUT2D eigenvalue weighted by molar-refractivity contribution is -0.121. The molecule has 0 saturated carbocycles. The van der Waals surface area contributed by atoms with E-state index in [0.29, 0.717) is 27.3 Å². The Morgan fingerprint density at radius 1 is 1.15 bits per heavy atom. The molecule has 0 saturated heterocycles. The number of carbonyl (C=O) groups is 1. The fourth-order valence-electron chi connectivity index (χ4n) is 3.33. The van der Waals surface area contributed by atoms with Crippen molar-refractivity contribution in [2.45, 2.75) is 13.5 Å². The molecular formula is C24H22N4O4S. The third kappa shape index (κ3) is 4.78. The molecule has 0 unspecified atom stereocenters. The summed E-state index contributed by atoms with van der Waals surface area (Å²) < 4.78 is 11.7. The van der Waals surface area contributed by atoms with Gasteiger partial charge in [0.05, 0.1) is 32.1 Å². The van der Waals surface area contributed by atoms with Crippen molar-refractivity contribution in [3.63, 3.8) is 0 Å². The minimum atomic E-state index is -0.443. The van der Waals surface area contributed by atoms with Gasteiger partial charge in [-0.15, -0.1) is 11.3 Å². The minimum absolute atomic E-state index is 0.200. The van der Waals surface area contributed by atoms with Crippen molar-refractivity contribution in [2.75, 3.05) is 14.2 Å². The van der Waals surface area contributed by atoms with Crippen LogP contribution in [0.25, 0.3) is 21.3 Å². The molecule has 0 fully saturated rings. The van der Waals surface area contributed by atoms with Crippen LogP contribution < -0.4 is 20.5 Å². The quantitative estimate of drug-likeness (QED) is 0.335. The molecule has 2 aromatic heterocycles. The molecule has 8 nitrogen and oxygen atoms in total. The fourth-order valence-corrected chi connectivity index (χ4v) is 4.23. The molecule has 4 rings (SSSR count). The van der Waals surface area contributed by atoms with Crippen LogP contribution in [0.4, 0.5) is 0 Å². The van der Waals surface area contributed by atoms with Gasteiger partial charge in [-0.25, -0.2) is 10.4 Å². The molecule has 2 aromatic carbocycles. The zero-order valence-electron chi connectivity index (χ0n) is 18.4. The van der Waals surface area contributed by atoms with Gasteiger partial charge in [0.2, 0.25) is 0 Å². The Labute approximate surface area is 194 Å². The second kappa shape index (κ2) is 9.66. The number of carbonyl (C=O) groups excluding carboxylic acids is 1. The molecule has 168 valence electrons. The molecule has 33 heavy (non-hydrogen) atoms. The number of hydrazone groups is 1. The van der Waals surface area contributed by atoms with Gasteiger partial charge in [0.1, 0.15) is 11.4 Å². The normalized spacial score (nSPS) is 11.1. The molecule has 0 aliphatic carbocycles.